The minimum absolute atomic E-state index is 0.101. The fraction of sp³-hybridized carbons (Fsp3) is 0.217. The van der Waals surface area contributed by atoms with Crippen LogP contribution in [0.2, 0.25) is 0 Å². The van der Waals surface area contributed by atoms with Crippen molar-refractivity contribution in [2.75, 3.05) is 25.6 Å². The zero-order valence-electron chi connectivity index (χ0n) is 17.6. The minimum atomic E-state index is -1.50. The average Bonchev–Trinajstić information content (AvgIpc) is 2.94. The molecule has 9 nitrogen and oxygen atoms in total. The largest absolute Gasteiger partial charge is 0.494 e. The van der Waals surface area contributed by atoms with Crippen LogP contribution in [0.4, 0.5) is 5.69 Å². The fourth-order valence-electron chi connectivity index (χ4n) is 3.91. The van der Waals surface area contributed by atoms with Crippen molar-refractivity contribution >= 4 is 17.6 Å². The molecule has 0 radical (unpaired) electrons. The first-order chi connectivity index (χ1) is 15.5. The number of nitrogens with one attached hydrogen (secondary N) is 1. The lowest BCUT2D eigenvalue weighted by atomic mass is 9.77. The quantitative estimate of drug-likeness (QED) is 0.604. The maximum Gasteiger partial charge on any atom is 0.347 e. The number of rotatable bonds is 6. The Labute approximate surface area is 184 Å². The molecule has 1 aliphatic heterocycles. The van der Waals surface area contributed by atoms with Gasteiger partial charge in [-0.15, -0.1) is 0 Å². The molecule has 0 spiro atoms. The molecular weight excluding hydrogens is 412 g/mol. The van der Waals surface area contributed by atoms with Crippen molar-refractivity contribution in [3.05, 3.63) is 78.1 Å². The van der Waals surface area contributed by atoms with E-state index < -0.39 is 17.6 Å². The number of aliphatic carboxylic acids is 1. The number of ether oxygens (including phenoxy) is 2. The van der Waals surface area contributed by atoms with Crippen LogP contribution in [0.1, 0.15) is 11.1 Å². The summed E-state index contributed by atoms with van der Waals surface area (Å²) in [6, 6.07) is 16.1. The number of carbonyl (C=O) groups excluding carboxylic acids is 1. The maximum absolute atomic E-state index is 12.8. The molecule has 2 aromatic carbocycles. The van der Waals surface area contributed by atoms with Gasteiger partial charge in [-0.1, -0.05) is 48.5 Å². The number of para-hydroxylation sites is 1. The molecule has 3 aromatic rings. The van der Waals surface area contributed by atoms with Crippen molar-refractivity contribution in [3.63, 3.8) is 0 Å². The number of fused-ring (bicyclic) bond motifs is 1. The van der Waals surface area contributed by atoms with E-state index in [1.54, 1.807) is 55.6 Å². The maximum atomic E-state index is 12.8. The first kappa shape index (κ1) is 21.3. The van der Waals surface area contributed by atoms with Crippen LogP contribution in [0.3, 0.4) is 0 Å². The van der Waals surface area contributed by atoms with Gasteiger partial charge >= 0.3 is 12.0 Å². The normalized spacial score (nSPS) is 18.9. The SMILES string of the molecule is COc1cnc(O[C@H](C(=O)O)[C@@]2(c3ccccc3)NCC(=O)N(C)c3ccccc32)nc1. The second-order valence-corrected chi connectivity index (χ2v) is 7.24. The highest BCUT2D eigenvalue weighted by atomic mass is 16.5. The molecular formula is C23H22N4O5. The summed E-state index contributed by atoms with van der Waals surface area (Å²) >= 11 is 0. The lowest BCUT2D eigenvalue weighted by Gasteiger charge is -2.39. The molecule has 32 heavy (non-hydrogen) atoms. The number of benzene rings is 2. The van der Waals surface area contributed by atoms with Crippen LogP contribution in [-0.4, -0.2) is 53.8 Å². The monoisotopic (exact) mass is 434 g/mol. The van der Waals surface area contributed by atoms with Crippen LogP contribution in [0.5, 0.6) is 11.8 Å². The average molecular weight is 434 g/mol. The summed E-state index contributed by atoms with van der Waals surface area (Å²) < 4.78 is 10.9. The lowest BCUT2D eigenvalue weighted by Crippen LogP contribution is -2.58. The summed E-state index contributed by atoms with van der Waals surface area (Å²) in [6.45, 7) is -0.101. The Kier molecular flexibility index (Phi) is 5.74. The number of carboxylic acids is 1. The van der Waals surface area contributed by atoms with Gasteiger partial charge in [0.05, 0.1) is 26.0 Å². The third-order valence-electron chi connectivity index (χ3n) is 5.49. The van der Waals surface area contributed by atoms with Crippen LogP contribution >= 0.6 is 0 Å². The van der Waals surface area contributed by atoms with E-state index in [4.69, 9.17) is 9.47 Å². The minimum Gasteiger partial charge on any atom is -0.494 e. The second kappa shape index (κ2) is 8.64. The summed E-state index contributed by atoms with van der Waals surface area (Å²) in [4.78, 5) is 35.1. The van der Waals surface area contributed by atoms with Crippen LogP contribution in [0.25, 0.3) is 0 Å². The molecule has 2 N–H and O–H groups in total. The molecule has 0 unspecified atom stereocenters. The van der Waals surface area contributed by atoms with Crippen LogP contribution in [0.15, 0.2) is 67.0 Å². The van der Waals surface area contributed by atoms with E-state index in [1.165, 1.54) is 24.4 Å². The van der Waals surface area contributed by atoms with Crippen molar-refractivity contribution in [2.24, 2.45) is 0 Å². The van der Waals surface area contributed by atoms with Gasteiger partial charge in [0.25, 0.3) is 0 Å². The number of aromatic nitrogens is 2. The van der Waals surface area contributed by atoms with Crippen molar-refractivity contribution in [1.82, 2.24) is 15.3 Å². The number of amides is 1. The van der Waals surface area contributed by atoms with Crippen molar-refractivity contribution in [2.45, 2.75) is 11.6 Å². The number of nitrogens with zero attached hydrogens (tertiary/aromatic N) is 3. The molecule has 1 aliphatic rings. The van der Waals surface area contributed by atoms with Gasteiger partial charge in [0, 0.05) is 18.3 Å². The van der Waals surface area contributed by atoms with E-state index in [0.717, 1.165) is 0 Å². The van der Waals surface area contributed by atoms with E-state index in [2.05, 4.69) is 15.3 Å². The molecule has 9 heteroatoms. The Morgan fingerprint density at radius 2 is 1.78 bits per heavy atom. The highest BCUT2D eigenvalue weighted by molar-refractivity contribution is 5.97. The number of hydrogen-bond acceptors (Lipinski definition) is 7. The van der Waals surface area contributed by atoms with E-state index >= 15 is 0 Å². The number of likely N-dealkylation sites (N-methyl/N-ethyl adjacent to an activating group) is 1. The van der Waals surface area contributed by atoms with Gasteiger partial charge in [0.1, 0.15) is 5.54 Å². The Balaban J connectivity index is 1.94. The zero-order valence-corrected chi connectivity index (χ0v) is 17.6. The number of anilines is 1. The summed E-state index contributed by atoms with van der Waals surface area (Å²) in [5, 5.41) is 13.5. The van der Waals surface area contributed by atoms with Crippen LogP contribution in [0, 0.1) is 0 Å². The molecule has 164 valence electrons. The van der Waals surface area contributed by atoms with Gasteiger partial charge in [-0.25, -0.2) is 4.79 Å². The predicted molar refractivity (Wildman–Crippen MR) is 116 cm³/mol. The van der Waals surface area contributed by atoms with Crippen molar-refractivity contribution in [1.29, 1.82) is 0 Å². The summed E-state index contributed by atoms with van der Waals surface area (Å²) in [6.07, 6.45) is 1.28. The smallest absolute Gasteiger partial charge is 0.347 e. The summed E-state index contributed by atoms with van der Waals surface area (Å²) in [7, 11) is 3.14. The number of carbonyl (C=O) groups is 2. The Morgan fingerprint density at radius 3 is 2.44 bits per heavy atom. The predicted octanol–water partition coefficient (Wildman–Crippen LogP) is 1.83. The van der Waals surface area contributed by atoms with Gasteiger partial charge in [-0.05, 0) is 11.6 Å². The van der Waals surface area contributed by atoms with Gasteiger partial charge < -0.3 is 19.5 Å². The molecule has 0 saturated heterocycles. The number of methoxy groups -OCH3 is 1. The molecule has 0 aliphatic carbocycles. The fourth-order valence-corrected chi connectivity index (χ4v) is 3.91. The highest BCUT2D eigenvalue weighted by Crippen LogP contribution is 2.41. The van der Waals surface area contributed by atoms with Crippen molar-refractivity contribution in [3.8, 4) is 11.8 Å². The molecule has 0 fully saturated rings. The van der Waals surface area contributed by atoms with Gasteiger partial charge in [0.2, 0.25) is 12.0 Å². The molecule has 0 saturated carbocycles. The third-order valence-corrected chi connectivity index (χ3v) is 5.49. The van der Waals surface area contributed by atoms with Gasteiger partial charge in [-0.2, -0.15) is 9.97 Å². The highest BCUT2D eigenvalue weighted by Gasteiger charge is 2.51. The zero-order chi connectivity index (χ0) is 22.7. The first-order valence-electron chi connectivity index (χ1n) is 9.89. The molecule has 0 bridgehead atoms. The van der Waals surface area contributed by atoms with E-state index in [1.807, 2.05) is 6.07 Å². The summed E-state index contributed by atoms with van der Waals surface area (Å²) in [5.74, 6) is -1.04. The molecule has 2 atom stereocenters. The third kappa shape index (κ3) is 3.63. The van der Waals surface area contributed by atoms with Crippen molar-refractivity contribution < 1.29 is 24.2 Å². The van der Waals surface area contributed by atoms with E-state index in [9.17, 15) is 14.7 Å². The second-order valence-electron chi connectivity index (χ2n) is 7.24. The molecule has 1 amide bonds. The van der Waals surface area contributed by atoms with Crippen LogP contribution in [-0.2, 0) is 15.1 Å². The Hall–Kier alpha value is -3.98. The Bertz CT molecular complexity index is 1120. The topological polar surface area (TPSA) is 114 Å². The molecule has 2 heterocycles. The Morgan fingerprint density at radius 1 is 1.12 bits per heavy atom. The molecule has 4 rings (SSSR count). The van der Waals surface area contributed by atoms with Crippen LogP contribution < -0.4 is 19.7 Å². The lowest BCUT2D eigenvalue weighted by molar-refractivity contribution is -0.149. The number of carboxylic acid groups (broad SMARTS) is 1. The van der Waals surface area contributed by atoms with E-state index in [-0.39, 0.29) is 18.5 Å². The van der Waals surface area contributed by atoms with Gasteiger partial charge in [0.15, 0.2) is 5.75 Å². The standard InChI is InChI=1S/C23H22N4O5/c1-27-18-11-7-6-10-17(18)23(26-14-19(27)28,15-8-4-3-5-9-15)20(21(29)30)32-22-24-12-16(31-2)13-25-22/h3-13,20,26H,14H2,1-2H3,(H,29,30)/t20-,23+/m1/s1. The molecule has 1 aromatic heterocycles. The summed E-state index contributed by atoms with van der Waals surface area (Å²) in [5.41, 5.74) is 0.377. The van der Waals surface area contributed by atoms with Gasteiger partial charge in [-0.3, -0.25) is 10.1 Å². The van der Waals surface area contributed by atoms with E-state index in [0.29, 0.717) is 22.6 Å². The number of hydrogen-bond donors (Lipinski definition) is 2. The first-order valence-corrected chi connectivity index (χ1v) is 9.89.